The first-order valence-electron chi connectivity index (χ1n) is 17.4. The molecule has 0 bridgehead atoms. The highest BCUT2D eigenvalue weighted by atomic mass is 16.3. The summed E-state index contributed by atoms with van der Waals surface area (Å²) in [6, 6.07) is 52.4. The average molecular weight is 642 g/mol. The molecule has 1 aliphatic rings. The molecule has 1 radical (unpaired) electrons. The molecule has 0 fully saturated rings. The second kappa shape index (κ2) is 10.8. The number of hydrogen-bond acceptors (Lipinski definition) is 2. The highest BCUT2D eigenvalue weighted by molar-refractivity contribution is 6.74. The number of nitrogens with zero attached hydrogens (tertiary/aromatic N) is 1. The van der Waals surface area contributed by atoms with Gasteiger partial charge < -0.3 is 14.3 Å². The predicted molar refractivity (Wildman–Crippen MR) is 212 cm³/mol. The fourth-order valence-electron chi connectivity index (χ4n) is 8.01. The summed E-state index contributed by atoms with van der Waals surface area (Å²) in [7, 11) is 2.29. The van der Waals surface area contributed by atoms with Crippen LogP contribution >= 0.6 is 0 Å². The minimum atomic E-state index is 0.0976. The van der Waals surface area contributed by atoms with Gasteiger partial charge in [-0.2, -0.15) is 0 Å². The van der Waals surface area contributed by atoms with Crippen LogP contribution < -0.4 is 16.4 Å². The Balaban J connectivity index is 1.26. The van der Waals surface area contributed by atoms with Crippen molar-refractivity contribution in [2.75, 3.05) is 5.32 Å². The lowest BCUT2D eigenvalue weighted by Gasteiger charge is -2.23. The third-order valence-electron chi connectivity index (χ3n) is 10.4. The van der Waals surface area contributed by atoms with E-state index in [1.807, 2.05) is 0 Å². The molecule has 2 aromatic heterocycles. The quantitative estimate of drug-likeness (QED) is 0.194. The number of fused-ring (bicyclic) bond motifs is 9. The standard InChI is InChI=1S/C46H34BN2O/c1-46(2,3)30-22-24-31(25-23-30)48-37-19-11-9-17-34(37)40-32-15-7-8-16-33(32)41-35-18-10-12-20-38(35)49-43-36-27-29(28-13-5-4-6-14-28)21-26-39(36)50-45(43)47-42(40)44(41)49/h4-27,48H,1-3H3. The Kier molecular flexibility index (Phi) is 6.23. The van der Waals surface area contributed by atoms with Crippen molar-refractivity contribution >= 4 is 73.3 Å². The van der Waals surface area contributed by atoms with Crippen LogP contribution in [0.2, 0.25) is 0 Å². The smallest absolute Gasteiger partial charge is 0.247 e. The van der Waals surface area contributed by atoms with Gasteiger partial charge in [-0.25, -0.2) is 0 Å². The number of anilines is 2. The highest BCUT2D eigenvalue weighted by Gasteiger charge is 2.32. The minimum Gasteiger partial charge on any atom is -0.469 e. The van der Waals surface area contributed by atoms with Gasteiger partial charge in [0.15, 0.2) is 0 Å². The molecule has 1 aliphatic heterocycles. The van der Waals surface area contributed by atoms with Crippen molar-refractivity contribution in [1.29, 1.82) is 0 Å². The maximum atomic E-state index is 6.76. The molecule has 0 amide bonds. The van der Waals surface area contributed by atoms with E-state index < -0.39 is 0 Å². The summed E-state index contributed by atoms with van der Waals surface area (Å²) in [5.41, 5.74) is 14.7. The zero-order valence-electron chi connectivity index (χ0n) is 28.3. The van der Waals surface area contributed by atoms with Gasteiger partial charge in [-0.05, 0) is 80.3 Å². The molecule has 4 heteroatoms. The molecular weight excluding hydrogens is 607 g/mol. The Morgan fingerprint density at radius 2 is 1.32 bits per heavy atom. The van der Waals surface area contributed by atoms with Gasteiger partial charge in [0.25, 0.3) is 0 Å². The summed E-state index contributed by atoms with van der Waals surface area (Å²) in [5.74, 6) is 0. The van der Waals surface area contributed by atoms with E-state index in [-0.39, 0.29) is 5.41 Å². The maximum Gasteiger partial charge on any atom is 0.247 e. The molecular formula is C46H34BN2O. The molecule has 3 nitrogen and oxygen atoms in total. The number of hydrogen-bond donors (Lipinski definition) is 1. The number of rotatable bonds is 4. The molecule has 0 saturated carbocycles. The number of para-hydroxylation sites is 2. The van der Waals surface area contributed by atoms with Gasteiger partial charge in [0.2, 0.25) is 7.28 Å². The van der Waals surface area contributed by atoms with Crippen molar-refractivity contribution in [3.8, 4) is 27.9 Å². The van der Waals surface area contributed by atoms with Crippen LogP contribution in [0.25, 0.3) is 71.5 Å². The van der Waals surface area contributed by atoms with Crippen LogP contribution in [0.1, 0.15) is 26.3 Å². The molecule has 50 heavy (non-hydrogen) atoms. The third-order valence-corrected chi connectivity index (χ3v) is 10.4. The van der Waals surface area contributed by atoms with E-state index in [4.69, 9.17) is 4.42 Å². The van der Waals surface area contributed by atoms with Crippen LogP contribution in [0, 0.1) is 0 Å². The van der Waals surface area contributed by atoms with E-state index >= 15 is 0 Å². The zero-order chi connectivity index (χ0) is 33.6. The fraction of sp³-hybridized carbons (Fsp3) is 0.0870. The van der Waals surface area contributed by atoms with Gasteiger partial charge in [0, 0.05) is 38.6 Å². The molecule has 0 unspecified atom stereocenters. The predicted octanol–water partition coefficient (Wildman–Crippen LogP) is 11.0. The minimum absolute atomic E-state index is 0.0976. The number of nitrogens with one attached hydrogen (secondary N) is 1. The first-order valence-corrected chi connectivity index (χ1v) is 17.4. The third kappa shape index (κ3) is 4.31. The number of furan rings is 1. The molecule has 0 spiro atoms. The summed E-state index contributed by atoms with van der Waals surface area (Å²) < 4.78 is 9.23. The monoisotopic (exact) mass is 641 g/mol. The lowest BCUT2D eigenvalue weighted by molar-refractivity contribution is 0.590. The lowest BCUT2D eigenvalue weighted by Crippen LogP contribution is -2.36. The van der Waals surface area contributed by atoms with Gasteiger partial charge in [-0.15, -0.1) is 0 Å². The van der Waals surface area contributed by atoms with Gasteiger partial charge >= 0.3 is 0 Å². The Morgan fingerprint density at radius 3 is 2.12 bits per heavy atom. The Morgan fingerprint density at radius 1 is 0.620 bits per heavy atom. The van der Waals surface area contributed by atoms with E-state index in [9.17, 15) is 0 Å². The van der Waals surface area contributed by atoms with E-state index in [0.717, 1.165) is 39.3 Å². The average Bonchev–Trinajstić information content (AvgIpc) is 3.68. The van der Waals surface area contributed by atoms with Gasteiger partial charge in [0.05, 0.1) is 16.9 Å². The molecule has 3 heterocycles. The molecule has 237 valence electrons. The summed E-state index contributed by atoms with van der Waals surface area (Å²) in [5, 5.41) is 9.88. The lowest BCUT2D eigenvalue weighted by atomic mass is 9.61. The van der Waals surface area contributed by atoms with Crippen molar-refractivity contribution in [2.24, 2.45) is 0 Å². The summed E-state index contributed by atoms with van der Waals surface area (Å²) >= 11 is 0. The largest absolute Gasteiger partial charge is 0.469 e. The first kappa shape index (κ1) is 29.0. The topological polar surface area (TPSA) is 30.1 Å². The van der Waals surface area contributed by atoms with E-state index in [2.05, 4.69) is 184 Å². The van der Waals surface area contributed by atoms with Crippen LogP contribution in [0.15, 0.2) is 150 Å². The number of aromatic nitrogens is 1. The Bertz CT molecular complexity index is 2780. The first-order chi connectivity index (χ1) is 24.4. The maximum absolute atomic E-state index is 6.76. The summed E-state index contributed by atoms with van der Waals surface area (Å²) in [4.78, 5) is 0. The van der Waals surface area contributed by atoms with Crippen molar-refractivity contribution in [3.63, 3.8) is 0 Å². The molecule has 7 aromatic carbocycles. The summed E-state index contributed by atoms with van der Waals surface area (Å²) in [6.07, 6.45) is 0. The van der Waals surface area contributed by atoms with Crippen LogP contribution in [-0.4, -0.2) is 11.8 Å². The van der Waals surface area contributed by atoms with Gasteiger partial charge in [-0.3, -0.25) is 0 Å². The molecule has 0 atom stereocenters. The zero-order valence-corrected chi connectivity index (χ0v) is 28.3. The van der Waals surface area contributed by atoms with E-state index in [1.165, 1.54) is 60.3 Å². The molecule has 10 rings (SSSR count). The van der Waals surface area contributed by atoms with Crippen LogP contribution in [0.4, 0.5) is 11.4 Å². The molecule has 0 saturated heterocycles. The van der Waals surface area contributed by atoms with Crippen molar-refractivity contribution in [2.45, 2.75) is 26.2 Å². The van der Waals surface area contributed by atoms with Gasteiger partial charge in [-0.1, -0.05) is 130 Å². The molecule has 9 aromatic rings. The van der Waals surface area contributed by atoms with E-state index in [1.54, 1.807) is 0 Å². The van der Waals surface area contributed by atoms with Gasteiger partial charge in [0.1, 0.15) is 5.58 Å². The number of benzene rings is 7. The van der Waals surface area contributed by atoms with Crippen molar-refractivity contribution in [3.05, 3.63) is 151 Å². The Hall–Kier alpha value is -6.00. The SMILES string of the molecule is CC(C)(C)c1ccc(Nc2ccccc2-c2c3c4c(c5ccccc25)c2ccccc2n4-c2c(oc4ccc(-c5ccccc5)cc24)[B]3)cc1. The van der Waals surface area contributed by atoms with Crippen LogP contribution in [0.3, 0.4) is 0 Å². The normalized spacial score (nSPS) is 12.5. The fourth-order valence-corrected chi connectivity index (χ4v) is 8.01. The molecule has 1 N–H and O–H groups in total. The van der Waals surface area contributed by atoms with Crippen LogP contribution in [0.5, 0.6) is 0 Å². The second-order valence-electron chi connectivity index (χ2n) is 14.4. The summed E-state index contributed by atoms with van der Waals surface area (Å²) in [6.45, 7) is 6.76. The van der Waals surface area contributed by atoms with Crippen LogP contribution in [-0.2, 0) is 5.41 Å². The second-order valence-corrected chi connectivity index (χ2v) is 14.4. The van der Waals surface area contributed by atoms with Crippen molar-refractivity contribution < 1.29 is 4.42 Å². The molecule has 0 aliphatic carbocycles. The Labute approximate surface area is 292 Å². The van der Waals surface area contributed by atoms with Crippen molar-refractivity contribution in [1.82, 2.24) is 4.57 Å². The van der Waals surface area contributed by atoms with E-state index in [0.29, 0.717) is 0 Å². The highest BCUT2D eigenvalue weighted by Crippen LogP contribution is 2.44.